The Hall–Kier alpha value is -5.80. The first-order valence-corrected chi connectivity index (χ1v) is 15.8. The van der Waals surface area contributed by atoms with Gasteiger partial charge in [0.25, 0.3) is 0 Å². The molecule has 2 heterocycles. The van der Waals surface area contributed by atoms with E-state index in [4.69, 9.17) is 8.83 Å². The quantitative estimate of drug-likeness (QED) is 0.205. The second-order valence-electron chi connectivity index (χ2n) is 13.0. The summed E-state index contributed by atoms with van der Waals surface area (Å²) >= 11 is 0. The minimum absolute atomic E-state index is 0.0562. The van der Waals surface area contributed by atoms with Gasteiger partial charge in [0.05, 0.1) is 0 Å². The topological polar surface area (TPSA) is 29.5 Å². The third kappa shape index (κ3) is 3.48. The van der Waals surface area contributed by atoms with Gasteiger partial charge in [0.1, 0.15) is 22.3 Å². The van der Waals surface area contributed by atoms with Crippen molar-refractivity contribution in [3.63, 3.8) is 0 Å². The van der Waals surface area contributed by atoms with Crippen molar-refractivity contribution in [1.29, 1.82) is 0 Å². The molecule has 0 aliphatic heterocycles. The van der Waals surface area contributed by atoms with Gasteiger partial charge in [-0.2, -0.15) is 0 Å². The molecule has 0 N–H and O–H groups in total. The summed E-state index contributed by atoms with van der Waals surface area (Å²) in [6.07, 6.45) is 0. The zero-order valence-electron chi connectivity index (χ0n) is 25.5. The van der Waals surface area contributed by atoms with E-state index in [1.807, 2.05) is 24.3 Å². The molecule has 0 bridgehead atoms. The van der Waals surface area contributed by atoms with Gasteiger partial charge in [0.15, 0.2) is 0 Å². The Labute approximate surface area is 265 Å². The lowest BCUT2D eigenvalue weighted by Crippen LogP contribution is -2.15. The predicted octanol–water partition coefficient (Wildman–Crippen LogP) is 12.4. The lowest BCUT2D eigenvalue weighted by Gasteiger charge is -2.27. The summed E-state index contributed by atoms with van der Waals surface area (Å²) in [5, 5.41) is 6.88. The summed E-state index contributed by atoms with van der Waals surface area (Å²) in [5.74, 6) is 0. The van der Waals surface area contributed by atoms with Crippen LogP contribution in [0, 0.1) is 0 Å². The molecule has 1 aliphatic carbocycles. The molecule has 0 unspecified atom stereocenters. The van der Waals surface area contributed by atoms with E-state index in [9.17, 15) is 0 Å². The van der Waals surface area contributed by atoms with E-state index in [1.54, 1.807) is 0 Å². The monoisotopic (exact) mass is 591 g/mol. The number of furan rings is 2. The van der Waals surface area contributed by atoms with Crippen molar-refractivity contribution in [2.24, 2.45) is 0 Å². The highest BCUT2D eigenvalue weighted by molar-refractivity contribution is 6.19. The van der Waals surface area contributed by atoms with Crippen LogP contribution in [0.1, 0.15) is 25.0 Å². The van der Waals surface area contributed by atoms with Crippen LogP contribution in [-0.4, -0.2) is 0 Å². The third-order valence-corrected chi connectivity index (χ3v) is 10.0. The summed E-state index contributed by atoms with van der Waals surface area (Å²) in [6.45, 7) is 4.66. The number of rotatable bonds is 3. The maximum atomic E-state index is 6.39. The number of nitrogens with zero attached hydrogens (tertiary/aromatic N) is 1. The van der Waals surface area contributed by atoms with Crippen molar-refractivity contribution in [3.8, 4) is 11.1 Å². The molecule has 0 saturated carbocycles. The first kappa shape index (κ1) is 25.5. The van der Waals surface area contributed by atoms with Gasteiger partial charge in [-0.05, 0) is 87.6 Å². The Kier molecular flexibility index (Phi) is 5.06. The molecule has 1 aliphatic rings. The predicted molar refractivity (Wildman–Crippen MR) is 191 cm³/mol. The summed E-state index contributed by atoms with van der Waals surface area (Å²) in [4.78, 5) is 2.36. The fourth-order valence-electron chi connectivity index (χ4n) is 7.82. The second kappa shape index (κ2) is 9.12. The molecule has 0 fully saturated rings. The summed E-state index contributed by atoms with van der Waals surface area (Å²) in [5.41, 5.74) is 12.1. The van der Waals surface area contributed by atoms with E-state index in [1.165, 1.54) is 33.0 Å². The van der Waals surface area contributed by atoms with Crippen LogP contribution in [0.4, 0.5) is 17.1 Å². The largest absolute Gasteiger partial charge is 0.456 e. The Morgan fingerprint density at radius 1 is 0.435 bits per heavy atom. The summed E-state index contributed by atoms with van der Waals surface area (Å²) in [7, 11) is 0. The average molecular weight is 592 g/mol. The van der Waals surface area contributed by atoms with Gasteiger partial charge in [-0.1, -0.05) is 92.7 Å². The van der Waals surface area contributed by atoms with Gasteiger partial charge >= 0.3 is 0 Å². The average Bonchev–Trinajstić information content (AvgIpc) is 3.73. The highest BCUT2D eigenvalue weighted by Gasteiger charge is 2.35. The van der Waals surface area contributed by atoms with Crippen LogP contribution in [0.5, 0.6) is 0 Å². The molecule has 0 radical (unpaired) electrons. The molecule has 9 aromatic rings. The molecular formula is C43H29NO2. The Morgan fingerprint density at radius 2 is 1.04 bits per heavy atom. The minimum atomic E-state index is -0.0562. The molecule has 3 heteroatoms. The molecular weight excluding hydrogens is 562 g/mol. The van der Waals surface area contributed by atoms with E-state index >= 15 is 0 Å². The highest BCUT2D eigenvalue weighted by Crippen LogP contribution is 2.51. The molecule has 7 aromatic carbocycles. The molecule has 3 nitrogen and oxygen atoms in total. The van der Waals surface area contributed by atoms with Gasteiger partial charge in [-0.3, -0.25) is 0 Å². The zero-order valence-corrected chi connectivity index (χ0v) is 25.5. The van der Waals surface area contributed by atoms with Crippen molar-refractivity contribution < 1.29 is 8.83 Å². The van der Waals surface area contributed by atoms with Crippen LogP contribution in [0.2, 0.25) is 0 Å². The van der Waals surface area contributed by atoms with Crippen LogP contribution in [-0.2, 0) is 5.41 Å². The third-order valence-electron chi connectivity index (χ3n) is 10.0. The second-order valence-corrected chi connectivity index (χ2v) is 13.0. The number of para-hydroxylation sites is 2. The van der Waals surface area contributed by atoms with Crippen LogP contribution < -0.4 is 4.90 Å². The van der Waals surface area contributed by atoms with E-state index in [0.717, 1.165) is 60.9 Å². The van der Waals surface area contributed by atoms with Gasteiger partial charge in [-0.15, -0.1) is 0 Å². The molecule has 0 atom stereocenters. The molecule has 218 valence electrons. The van der Waals surface area contributed by atoms with E-state index in [2.05, 4.69) is 134 Å². The molecule has 0 saturated heterocycles. The number of anilines is 3. The first-order valence-electron chi connectivity index (χ1n) is 15.8. The van der Waals surface area contributed by atoms with Crippen LogP contribution in [0.3, 0.4) is 0 Å². The lowest BCUT2D eigenvalue weighted by atomic mass is 9.82. The smallest absolute Gasteiger partial charge is 0.137 e. The van der Waals surface area contributed by atoms with E-state index in [-0.39, 0.29) is 5.41 Å². The van der Waals surface area contributed by atoms with Gasteiger partial charge in [-0.25, -0.2) is 0 Å². The fraction of sp³-hybridized carbons (Fsp3) is 0.0698. The molecule has 10 rings (SSSR count). The number of benzene rings is 7. The Balaban J connectivity index is 1.24. The van der Waals surface area contributed by atoms with Crippen LogP contribution in [0.15, 0.2) is 148 Å². The number of hydrogen-bond acceptors (Lipinski definition) is 3. The SMILES string of the molecule is CC1(C)c2ccccc2-c2cc(N(c3ccc4c(c3)oc3ccccc34)c3ccc4ccc5oc6ccccc6c5c4c3)ccc21. The van der Waals surface area contributed by atoms with E-state index < -0.39 is 0 Å². The van der Waals surface area contributed by atoms with Crippen molar-refractivity contribution in [3.05, 3.63) is 151 Å². The molecule has 46 heavy (non-hydrogen) atoms. The normalized spacial score (nSPS) is 13.6. The fourth-order valence-corrected chi connectivity index (χ4v) is 7.82. The minimum Gasteiger partial charge on any atom is -0.456 e. The number of hydrogen-bond donors (Lipinski definition) is 0. The van der Waals surface area contributed by atoms with Crippen molar-refractivity contribution in [2.75, 3.05) is 4.90 Å². The Bertz CT molecular complexity index is 2690. The van der Waals surface area contributed by atoms with Crippen molar-refractivity contribution in [1.82, 2.24) is 0 Å². The van der Waals surface area contributed by atoms with Crippen molar-refractivity contribution in [2.45, 2.75) is 19.3 Å². The van der Waals surface area contributed by atoms with Gasteiger partial charge in [0, 0.05) is 50.1 Å². The van der Waals surface area contributed by atoms with Gasteiger partial charge in [0.2, 0.25) is 0 Å². The standard InChI is InChI=1S/C43H29NO2/c1-43(2)36-12-6-3-9-30(36)35-24-28(19-21-37(35)43)44(29-18-20-32-31-10-4-7-13-38(31)46-41(32)25-29)27-17-15-26-16-22-40-42(34(26)23-27)33-11-5-8-14-39(33)45-40/h3-25H,1-2H3. The maximum Gasteiger partial charge on any atom is 0.137 e. The summed E-state index contributed by atoms with van der Waals surface area (Å²) < 4.78 is 12.7. The highest BCUT2D eigenvalue weighted by atomic mass is 16.3. The molecule has 0 amide bonds. The molecule has 2 aromatic heterocycles. The first-order chi connectivity index (χ1) is 22.5. The van der Waals surface area contributed by atoms with E-state index in [0.29, 0.717) is 0 Å². The van der Waals surface area contributed by atoms with Gasteiger partial charge < -0.3 is 13.7 Å². The zero-order chi connectivity index (χ0) is 30.6. The molecule has 0 spiro atoms. The van der Waals surface area contributed by atoms with Crippen LogP contribution >= 0.6 is 0 Å². The van der Waals surface area contributed by atoms with Crippen LogP contribution in [0.25, 0.3) is 65.8 Å². The lowest BCUT2D eigenvalue weighted by molar-refractivity contribution is 0.660. The van der Waals surface area contributed by atoms with Crippen molar-refractivity contribution >= 4 is 71.7 Å². The maximum absolute atomic E-state index is 6.39. The Morgan fingerprint density at radius 3 is 1.93 bits per heavy atom. The summed E-state index contributed by atoms with van der Waals surface area (Å²) in [6, 6.07) is 49.9. The number of fused-ring (bicyclic) bond motifs is 11.